The van der Waals surface area contributed by atoms with E-state index in [2.05, 4.69) is 32.9 Å². The highest BCUT2D eigenvalue weighted by Gasteiger charge is 2.42. The molecule has 1 saturated carbocycles. The standard InChI is InChI=1S/C15H23NO/c1-11-8-12(2)13(3)14(9-11)17-10-15(4-5-15)6-7-16/h8-9H,4-7,10,16H2,1-3H3. The molecule has 1 aliphatic carbocycles. The highest BCUT2D eigenvalue weighted by molar-refractivity contribution is 5.42. The smallest absolute Gasteiger partial charge is 0.122 e. The maximum Gasteiger partial charge on any atom is 0.122 e. The fourth-order valence-corrected chi connectivity index (χ4v) is 2.33. The molecule has 0 aromatic heterocycles. The third-order valence-corrected chi connectivity index (χ3v) is 3.93. The van der Waals surface area contributed by atoms with Crippen LogP contribution in [0.25, 0.3) is 0 Å². The van der Waals surface area contributed by atoms with Crippen LogP contribution in [0.15, 0.2) is 12.1 Å². The second-order valence-corrected chi connectivity index (χ2v) is 5.53. The van der Waals surface area contributed by atoms with E-state index in [1.165, 1.54) is 29.5 Å². The Bertz CT molecular complexity index is 408. The van der Waals surface area contributed by atoms with Crippen molar-refractivity contribution in [3.05, 3.63) is 28.8 Å². The van der Waals surface area contributed by atoms with Crippen LogP contribution in [0.2, 0.25) is 0 Å². The van der Waals surface area contributed by atoms with E-state index in [0.717, 1.165) is 25.3 Å². The normalized spacial score (nSPS) is 16.9. The molecule has 1 fully saturated rings. The van der Waals surface area contributed by atoms with Crippen LogP contribution in [0.1, 0.15) is 36.0 Å². The first-order valence-corrected chi connectivity index (χ1v) is 6.47. The quantitative estimate of drug-likeness (QED) is 0.848. The summed E-state index contributed by atoms with van der Waals surface area (Å²) < 4.78 is 6.02. The van der Waals surface area contributed by atoms with Crippen LogP contribution in [0.5, 0.6) is 5.75 Å². The van der Waals surface area contributed by atoms with Gasteiger partial charge in [-0.1, -0.05) is 6.07 Å². The number of rotatable bonds is 5. The average molecular weight is 233 g/mol. The molecular formula is C15H23NO. The maximum atomic E-state index is 6.02. The van der Waals surface area contributed by atoms with Crippen molar-refractivity contribution < 1.29 is 4.74 Å². The first-order chi connectivity index (χ1) is 8.06. The Labute approximate surface area is 104 Å². The van der Waals surface area contributed by atoms with Crippen molar-refractivity contribution in [2.75, 3.05) is 13.2 Å². The Kier molecular flexibility index (Phi) is 3.43. The van der Waals surface area contributed by atoms with Gasteiger partial charge in [-0.15, -0.1) is 0 Å². The molecule has 1 aromatic carbocycles. The van der Waals surface area contributed by atoms with Crippen LogP contribution in [0, 0.1) is 26.2 Å². The summed E-state index contributed by atoms with van der Waals surface area (Å²) in [5.74, 6) is 1.05. The molecule has 2 heteroatoms. The Hall–Kier alpha value is -1.02. The molecule has 0 radical (unpaired) electrons. The molecular weight excluding hydrogens is 210 g/mol. The first-order valence-electron chi connectivity index (χ1n) is 6.47. The lowest BCUT2D eigenvalue weighted by Crippen LogP contribution is -2.17. The van der Waals surface area contributed by atoms with Crippen molar-refractivity contribution in [2.45, 2.75) is 40.0 Å². The van der Waals surface area contributed by atoms with Crippen LogP contribution >= 0.6 is 0 Å². The number of nitrogens with two attached hydrogens (primary N) is 1. The summed E-state index contributed by atoms with van der Waals surface area (Å²) in [5.41, 5.74) is 9.88. The van der Waals surface area contributed by atoms with E-state index < -0.39 is 0 Å². The van der Waals surface area contributed by atoms with Crippen LogP contribution in [0.3, 0.4) is 0 Å². The van der Waals surface area contributed by atoms with E-state index in [1.807, 2.05) is 0 Å². The highest BCUT2D eigenvalue weighted by atomic mass is 16.5. The van der Waals surface area contributed by atoms with Crippen molar-refractivity contribution in [2.24, 2.45) is 11.1 Å². The summed E-state index contributed by atoms with van der Waals surface area (Å²) in [6, 6.07) is 4.34. The Balaban J connectivity index is 2.04. The summed E-state index contributed by atoms with van der Waals surface area (Å²) in [4.78, 5) is 0. The van der Waals surface area contributed by atoms with Gasteiger partial charge >= 0.3 is 0 Å². The van der Waals surface area contributed by atoms with Crippen molar-refractivity contribution in [1.82, 2.24) is 0 Å². The number of benzene rings is 1. The summed E-state index contributed by atoms with van der Waals surface area (Å²) in [6.45, 7) is 7.99. The molecule has 2 rings (SSSR count). The van der Waals surface area contributed by atoms with Gasteiger partial charge in [-0.3, -0.25) is 0 Å². The molecule has 0 aliphatic heterocycles. The van der Waals surface area contributed by atoms with E-state index >= 15 is 0 Å². The van der Waals surface area contributed by atoms with Crippen LogP contribution in [-0.4, -0.2) is 13.2 Å². The van der Waals surface area contributed by atoms with Crippen molar-refractivity contribution >= 4 is 0 Å². The summed E-state index contributed by atoms with van der Waals surface area (Å²) in [6.07, 6.45) is 3.64. The molecule has 17 heavy (non-hydrogen) atoms. The molecule has 1 aliphatic rings. The molecule has 2 N–H and O–H groups in total. The van der Waals surface area contributed by atoms with Gasteiger partial charge in [0.2, 0.25) is 0 Å². The summed E-state index contributed by atoms with van der Waals surface area (Å²) in [7, 11) is 0. The Morgan fingerprint density at radius 3 is 2.53 bits per heavy atom. The van der Waals surface area contributed by atoms with E-state index in [0.29, 0.717) is 5.41 Å². The molecule has 94 valence electrons. The van der Waals surface area contributed by atoms with Gasteiger partial charge in [0, 0.05) is 5.41 Å². The molecule has 0 unspecified atom stereocenters. The summed E-state index contributed by atoms with van der Waals surface area (Å²) >= 11 is 0. The zero-order valence-electron chi connectivity index (χ0n) is 11.2. The fraction of sp³-hybridized carbons (Fsp3) is 0.600. The van der Waals surface area contributed by atoms with E-state index in [4.69, 9.17) is 10.5 Å². The van der Waals surface area contributed by atoms with Gasteiger partial charge in [-0.2, -0.15) is 0 Å². The molecule has 0 saturated heterocycles. The predicted octanol–water partition coefficient (Wildman–Crippen LogP) is 3.12. The lowest BCUT2D eigenvalue weighted by Gasteiger charge is -2.17. The minimum atomic E-state index is 0.388. The Morgan fingerprint density at radius 1 is 1.24 bits per heavy atom. The first kappa shape index (κ1) is 12.4. The molecule has 2 nitrogen and oxygen atoms in total. The molecule has 0 amide bonds. The topological polar surface area (TPSA) is 35.2 Å². The van der Waals surface area contributed by atoms with Crippen LogP contribution < -0.4 is 10.5 Å². The average Bonchev–Trinajstić information content (AvgIpc) is 3.02. The van der Waals surface area contributed by atoms with Crippen molar-refractivity contribution in [3.8, 4) is 5.75 Å². The second kappa shape index (κ2) is 4.69. The fourth-order valence-electron chi connectivity index (χ4n) is 2.33. The third kappa shape index (κ3) is 2.81. The van der Waals surface area contributed by atoms with Gasteiger partial charge < -0.3 is 10.5 Å². The van der Waals surface area contributed by atoms with Gasteiger partial charge in [-0.25, -0.2) is 0 Å². The minimum absolute atomic E-state index is 0.388. The van der Waals surface area contributed by atoms with Crippen molar-refractivity contribution in [3.63, 3.8) is 0 Å². The van der Waals surface area contributed by atoms with Gasteiger partial charge in [0.15, 0.2) is 0 Å². The maximum absolute atomic E-state index is 6.02. The Morgan fingerprint density at radius 2 is 1.94 bits per heavy atom. The van der Waals surface area contributed by atoms with Gasteiger partial charge in [0.1, 0.15) is 5.75 Å². The SMILES string of the molecule is Cc1cc(C)c(C)c(OCC2(CCN)CC2)c1. The number of aryl methyl sites for hydroxylation is 2. The predicted molar refractivity (Wildman–Crippen MR) is 71.5 cm³/mol. The largest absolute Gasteiger partial charge is 0.493 e. The zero-order valence-corrected chi connectivity index (χ0v) is 11.2. The highest BCUT2D eigenvalue weighted by Crippen LogP contribution is 2.48. The zero-order chi connectivity index (χ0) is 12.5. The molecule has 1 aromatic rings. The third-order valence-electron chi connectivity index (χ3n) is 3.93. The molecule has 0 bridgehead atoms. The monoisotopic (exact) mass is 233 g/mol. The van der Waals surface area contributed by atoms with Gasteiger partial charge in [-0.05, 0) is 69.3 Å². The summed E-state index contributed by atoms with van der Waals surface area (Å²) in [5, 5.41) is 0. The molecule has 0 heterocycles. The van der Waals surface area contributed by atoms with Crippen molar-refractivity contribution in [1.29, 1.82) is 0 Å². The van der Waals surface area contributed by atoms with Crippen LogP contribution in [-0.2, 0) is 0 Å². The van der Waals surface area contributed by atoms with Gasteiger partial charge in [0.05, 0.1) is 6.61 Å². The van der Waals surface area contributed by atoms with Crippen LogP contribution in [0.4, 0.5) is 0 Å². The molecule has 0 atom stereocenters. The minimum Gasteiger partial charge on any atom is -0.493 e. The van der Waals surface area contributed by atoms with Gasteiger partial charge in [0.25, 0.3) is 0 Å². The number of hydrogen-bond acceptors (Lipinski definition) is 2. The van der Waals surface area contributed by atoms with E-state index in [1.54, 1.807) is 0 Å². The molecule has 0 spiro atoms. The number of hydrogen-bond donors (Lipinski definition) is 1. The van der Waals surface area contributed by atoms with E-state index in [-0.39, 0.29) is 0 Å². The second-order valence-electron chi connectivity index (χ2n) is 5.53. The lowest BCUT2D eigenvalue weighted by atomic mass is 10.0. The lowest BCUT2D eigenvalue weighted by molar-refractivity contribution is 0.225. The number of ether oxygens (including phenoxy) is 1. The van der Waals surface area contributed by atoms with E-state index in [9.17, 15) is 0 Å².